The highest BCUT2D eigenvalue weighted by atomic mass is 35.5. The summed E-state index contributed by atoms with van der Waals surface area (Å²) < 4.78 is 0. The van der Waals surface area contributed by atoms with E-state index >= 15 is 0 Å². The number of nitrogens with zero attached hydrogens (tertiary/aromatic N) is 2. The zero-order valence-electron chi connectivity index (χ0n) is 10.3. The highest BCUT2D eigenvalue weighted by Crippen LogP contribution is 2.41. The maximum Gasteiger partial charge on any atom is 0.311 e. The minimum Gasteiger partial charge on any atom is -0.481 e. The van der Waals surface area contributed by atoms with Gasteiger partial charge >= 0.3 is 5.97 Å². The SMILES string of the molecule is CC1(C(=O)O)CCN(c2c(Cl)cccc2[N+](=O)[O-])C1. The molecule has 1 aliphatic rings. The number of para-hydroxylation sites is 1. The number of nitro groups is 1. The largest absolute Gasteiger partial charge is 0.481 e. The molecule has 1 unspecified atom stereocenters. The smallest absolute Gasteiger partial charge is 0.311 e. The molecule has 0 amide bonds. The molecule has 7 heteroatoms. The normalized spacial score (nSPS) is 22.5. The van der Waals surface area contributed by atoms with Gasteiger partial charge in [-0.1, -0.05) is 17.7 Å². The van der Waals surface area contributed by atoms with Crippen LogP contribution in [0.25, 0.3) is 0 Å². The zero-order chi connectivity index (χ0) is 14.2. The fourth-order valence-electron chi connectivity index (χ4n) is 2.29. The molecule has 0 radical (unpaired) electrons. The molecular formula is C12H13ClN2O4. The molecule has 1 heterocycles. The monoisotopic (exact) mass is 284 g/mol. The number of aliphatic carboxylic acids is 1. The third kappa shape index (κ3) is 2.35. The van der Waals surface area contributed by atoms with Crippen LogP contribution in [0, 0.1) is 15.5 Å². The number of carbonyl (C=O) groups is 1. The number of hydrogen-bond donors (Lipinski definition) is 1. The van der Waals surface area contributed by atoms with Crippen molar-refractivity contribution in [2.24, 2.45) is 5.41 Å². The minimum absolute atomic E-state index is 0.0952. The van der Waals surface area contributed by atoms with Crippen LogP contribution in [-0.4, -0.2) is 29.1 Å². The third-order valence-electron chi connectivity index (χ3n) is 3.47. The van der Waals surface area contributed by atoms with Gasteiger partial charge in [-0.05, 0) is 19.4 Å². The summed E-state index contributed by atoms with van der Waals surface area (Å²) in [4.78, 5) is 23.4. The number of hydrogen-bond acceptors (Lipinski definition) is 4. The van der Waals surface area contributed by atoms with Crippen LogP contribution in [0.15, 0.2) is 18.2 Å². The molecule has 1 aromatic rings. The highest BCUT2D eigenvalue weighted by Gasteiger charge is 2.42. The second-order valence-electron chi connectivity index (χ2n) is 4.90. The van der Waals surface area contributed by atoms with Crippen LogP contribution < -0.4 is 4.90 Å². The number of carboxylic acids is 1. The Morgan fingerprint density at radius 1 is 1.58 bits per heavy atom. The lowest BCUT2D eigenvalue weighted by Gasteiger charge is -2.22. The van der Waals surface area contributed by atoms with Crippen molar-refractivity contribution in [2.75, 3.05) is 18.0 Å². The molecule has 0 spiro atoms. The third-order valence-corrected chi connectivity index (χ3v) is 3.77. The number of nitro benzene ring substituents is 1. The fourth-order valence-corrected chi connectivity index (χ4v) is 2.58. The van der Waals surface area contributed by atoms with Gasteiger partial charge in [-0.2, -0.15) is 0 Å². The van der Waals surface area contributed by atoms with Gasteiger partial charge in [-0.25, -0.2) is 0 Å². The molecule has 1 aliphatic heterocycles. The van der Waals surface area contributed by atoms with Crippen LogP contribution >= 0.6 is 11.6 Å². The van der Waals surface area contributed by atoms with Crippen molar-refractivity contribution >= 4 is 28.9 Å². The van der Waals surface area contributed by atoms with Crippen molar-refractivity contribution in [2.45, 2.75) is 13.3 Å². The van der Waals surface area contributed by atoms with E-state index in [1.807, 2.05) is 0 Å². The maximum absolute atomic E-state index is 11.2. The number of anilines is 1. The van der Waals surface area contributed by atoms with Crippen LogP contribution in [0.4, 0.5) is 11.4 Å². The molecular weight excluding hydrogens is 272 g/mol. The summed E-state index contributed by atoms with van der Waals surface area (Å²) in [5.41, 5.74) is -0.686. The molecule has 0 aromatic heterocycles. The van der Waals surface area contributed by atoms with Crippen molar-refractivity contribution in [3.8, 4) is 0 Å². The Balaban J connectivity index is 2.39. The first-order valence-corrected chi connectivity index (χ1v) is 6.14. The van der Waals surface area contributed by atoms with Gasteiger partial charge in [0.2, 0.25) is 0 Å². The lowest BCUT2D eigenvalue weighted by molar-refractivity contribution is -0.384. The zero-order valence-corrected chi connectivity index (χ0v) is 11.1. The lowest BCUT2D eigenvalue weighted by atomic mass is 9.90. The first-order chi connectivity index (χ1) is 8.85. The number of benzene rings is 1. The van der Waals surface area contributed by atoms with Crippen molar-refractivity contribution < 1.29 is 14.8 Å². The van der Waals surface area contributed by atoms with Crippen LogP contribution in [0.1, 0.15) is 13.3 Å². The summed E-state index contributed by atoms with van der Waals surface area (Å²) in [6, 6.07) is 4.45. The predicted molar refractivity (Wildman–Crippen MR) is 70.7 cm³/mol. The Hall–Kier alpha value is -1.82. The second kappa shape index (κ2) is 4.70. The predicted octanol–water partition coefficient (Wildman–Crippen LogP) is 2.55. The van der Waals surface area contributed by atoms with Gasteiger partial charge < -0.3 is 10.0 Å². The van der Waals surface area contributed by atoms with Crippen molar-refractivity contribution in [1.82, 2.24) is 0 Å². The molecule has 1 fully saturated rings. The molecule has 2 rings (SSSR count). The molecule has 0 aliphatic carbocycles. The Labute approximate surface area is 114 Å². The van der Waals surface area contributed by atoms with Crippen LogP contribution in [0.2, 0.25) is 5.02 Å². The van der Waals surface area contributed by atoms with Gasteiger partial charge in [-0.15, -0.1) is 0 Å². The summed E-state index contributed by atoms with van der Waals surface area (Å²) >= 11 is 6.03. The van der Waals surface area contributed by atoms with Gasteiger partial charge in [0.1, 0.15) is 5.69 Å². The minimum atomic E-state index is -0.898. The standard InChI is InChI=1S/C12H13ClN2O4/c1-12(11(16)17)5-6-14(7-12)10-8(13)3-2-4-9(10)15(18)19/h2-4H,5-7H2,1H3,(H,16,17). The lowest BCUT2D eigenvalue weighted by Crippen LogP contribution is -2.32. The van der Waals surface area contributed by atoms with E-state index in [1.165, 1.54) is 12.1 Å². The van der Waals surface area contributed by atoms with Crippen molar-refractivity contribution in [3.05, 3.63) is 33.3 Å². The van der Waals surface area contributed by atoms with Gasteiger partial charge in [0.15, 0.2) is 0 Å². The van der Waals surface area contributed by atoms with E-state index in [-0.39, 0.29) is 17.3 Å². The number of halogens is 1. The van der Waals surface area contributed by atoms with Gasteiger partial charge in [0.25, 0.3) is 5.69 Å². The second-order valence-corrected chi connectivity index (χ2v) is 5.31. The average molecular weight is 285 g/mol. The molecule has 1 atom stereocenters. The molecule has 6 nitrogen and oxygen atoms in total. The van der Waals surface area contributed by atoms with E-state index < -0.39 is 16.3 Å². The molecule has 1 N–H and O–H groups in total. The summed E-state index contributed by atoms with van der Waals surface area (Å²) in [6.45, 7) is 2.29. The van der Waals surface area contributed by atoms with Crippen LogP contribution in [0.5, 0.6) is 0 Å². The number of rotatable bonds is 3. The van der Waals surface area contributed by atoms with E-state index in [0.29, 0.717) is 18.7 Å². The first-order valence-electron chi connectivity index (χ1n) is 5.76. The van der Waals surface area contributed by atoms with E-state index in [2.05, 4.69) is 0 Å². The fraction of sp³-hybridized carbons (Fsp3) is 0.417. The average Bonchev–Trinajstić information content (AvgIpc) is 2.72. The molecule has 102 valence electrons. The summed E-state index contributed by atoms with van der Waals surface area (Å²) in [5, 5.41) is 20.5. The Morgan fingerprint density at radius 3 is 2.79 bits per heavy atom. The van der Waals surface area contributed by atoms with Gasteiger partial charge in [-0.3, -0.25) is 14.9 Å². The quantitative estimate of drug-likeness (QED) is 0.681. The Kier molecular flexibility index (Phi) is 3.36. The highest BCUT2D eigenvalue weighted by molar-refractivity contribution is 6.33. The molecule has 1 aromatic carbocycles. The van der Waals surface area contributed by atoms with E-state index in [4.69, 9.17) is 11.6 Å². The van der Waals surface area contributed by atoms with Crippen LogP contribution in [-0.2, 0) is 4.79 Å². The van der Waals surface area contributed by atoms with Crippen LogP contribution in [0.3, 0.4) is 0 Å². The van der Waals surface area contributed by atoms with E-state index in [9.17, 15) is 20.0 Å². The van der Waals surface area contributed by atoms with Gasteiger partial charge in [0, 0.05) is 19.2 Å². The molecule has 0 saturated carbocycles. The van der Waals surface area contributed by atoms with E-state index in [1.54, 1.807) is 17.9 Å². The van der Waals surface area contributed by atoms with E-state index in [0.717, 1.165) is 0 Å². The first kappa shape index (κ1) is 13.6. The summed E-state index contributed by atoms with van der Waals surface area (Å²) in [5.74, 6) is -0.898. The topological polar surface area (TPSA) is 83.7 Å². The van der Waals surface area contributed by atoms with Crippen molar-refractivity contribution in [3.63, 3.8) is 0 Å². The molecule has 1 saturated heterocycles. The Morgan fingerprint density at radius 2 is 2.26 bits per heavy atom. The van der Waals surface area contributed by atoms with Crippen molar-refractivity contribution in [1.29, 1.82) is 0 Å². The molecule has 0 bridgehead atoms. The maximum atomic E-state index is 11.2. The number of carboxylic acid groups (broad SMARTS) is 1. The summed E-state index contributed by atoms with van der Waals surface area (Å²) in [6.07, 6.45) is 0.435. The molecule has 19 heavy (non-hydrogen) atoms. The summed E-state index contributed by atoms with van der Waals surface area (Å²) in [7, 11) is 0. The van der Waals surface area contributed by atoms with Gasteiger partial charge in [0.05, 0.1) is 15.4 Å². The Bertz CT molecular complexity index is 549.